The molecule has 0 N–H and O–H groups in total. The molecule has 0 aliphatic rings. The number of carbonyl (C=O) groups is 2. The van der Waals surface area contributed by atoms with Gasteiger partial charge in [0.1, 0.15) is 6.61 Å². The Balaban J connectivity index is 2.09. The van der Waals surface area contributed by atoms with Crippen molar-refractivity contribution in [3.63, 3.8) is 0 Å². The third kappa shape index (κ3) is 4.25. The van der Waals surface area contributed by atoms with E-state index in [1.165, 1.54) is 19.1 Å². The van der Waals surface area contributed by atoms with Crippen LogP contribution in [0.5, 0.6) is 0 Å². The molecule has 0 aliphatic heterocycles. The first kappa shape index (κ1) is 19.3. The highest BCUT2D eigenvalue weighted by molar-refractivity contribution is 5.88. The Morgan fingerprint density at radius 2 is 1.79 bits per heavy atom. The van der Waals surface area contributed by atoms with Gasteiger partial charge in [-0.05, 0) is 25.1 Å². The Morgan fingerprint density at radius 1 is 1.07 bits per heavy atom. The molecular weight excluding hydrogens is 375 g/mol. The van der Waals surface area contributed by atoms with Gasteiger partial charge in [0.05, 0.1) is 11.3 Å². The summed E-state index contributed by atoms with van der Waals surface area (Å²) in [7, 11) is 0. The number of nitrogens with zero attached hydrogens (tertiary/aromatic N) is 3. The van der Waals surface area contributed by atoms with E-state index in [0.717, 1.165) is 16.8 Å². The maximum Gasteiger partial charge on any atom is 0.416 e. The Labute approximate surface area is 157 Å². The molecule has 3 aromatic rings. The van der Waals surface area contributed by atoms with Crippen LogP contribution < -0.4 is 0 Å². The van der Waals surface area contributed by atoms with E-state index in [2.05, 4.69) is 10.1 Å². The van der Waals surface area contributed by atoms with E-state index in [9.17, 15) is 22.8 Å². The number of halogens is 3. The van der Waals surface area contributed by atoms with Crippen LogP contribution in [0.25, 0.3) is 17.1 Å². The van der Waals surface area contributed by atoms with E-state index in [-0.39, 0.29) is 23.1 Å². The minimum Gasteiger partial charge on any atom is -0.452 e. The highest BCUT2D eigenvalue weighted by Gasteiger charge is 2.31. The molecule has 0 spiro atoms. The number of benzene rings is 2. The monoisotopic (exact) mass is 389 g/mol. The maximum absolute atomic E-state index is 13.1. The van der Waals surface area contributed by atoms with Crippen molar-refractivity contribution >= 4 is 11.8 Å². The van der Waals surface area contributed by atoms with Crippen LogP contribution in [0.3, 0.4) is 0 Å². The average molecular weight is 389 g/mol. The van der Waals surface area contributed by atoms with Crippen molar-refractivity contribution < 1.29 is 27.5 Å². The lowest BCUT2D eigenvalue weighted by molar-refractivity contribution is -0.137. The molecule has 3 rings (SSSR count). The summed E-state index contributed by atoms with van der Waals surface area (Å²) >= 11 is 0. The molecule has 0 saturated carbocycles. The summed E-state index contributed by atoms with van der Waals surface area (Å²) in [5.41, 5.74) is -0.245. The minimum absolute atomic E-state index is 0.0757. The van der Waals surface area contributed by atoms with Crippen molar-refractivity contribution in [2.45, 2.75) is 13.1 Å². The van der Waals surface area contributed by atoms with Crippen LogP contribution >= 0.6 is 0 Å². The zero-order valence-electron chi connectivity index (χ0n) is 14.6. The lowest BCUT2D eigenvalue weighted by Gasteiger charge is -2.10. The largest absolute Gasteiger partial charge is 0.452 e. The molecule has 6 nitrogen and oxygen atoms in total. The fourth-order valence-corrected chi connectivity index (χ4v) is 2.40. The van der Waals surface area contributed by atoms with E-state index in [1.54, 1.807) is 30.3 Å². The smallest absolute Gasteiger partial charge is 0.416 e. The molecule has 1 heterocycles. The second-order valence-electron chi connectivity index (χ2n) is 5.86. The molecule has 0 radical (unpaired) electrons. The molecule has 0 fully saturated rings. The molecule has 9 heteroatoms. The van der Waals surface area contributed by atoms with Crippen molar-refractivity contribution in [3.05, 3.63) is 66.0 Å². The number of carbonyl (C=O) groups excluding carboxylic acids is 2. The van der Waals surface area contributed by atoms with Gasteiger partial charge in [0.25, 0.3) is 5.82 Å². The number of esters is 1. The minimum atomic E-state index is -4.53. The zero-order valence-corrected chi connectivity index (χ0v) is 14.6. The van der Waals surface area contributed by atoms with E-state index in [1.807, 2.05) is 0 Å². The maximum atomic E-state index is 13.1. The molecule has 28 heavy (non-hydrogen) atoms. The number of hydrogen-bond donors (Lipinski definition) is 0. The predicted octanol–water partition coefficient (Wildman–Crippen LogP) is 3.70. The predicted molar refractivity (Wildman–Crippen MR) is 92.8 cm³/mol. The van der Waals surface area contributed by atoms with Crippen molar-refractivity contribution in [1.82, 2.24) is 14.8 Å². The highest BCUT2D eigenvalue weighted by Crippen LogP contribution is 2.31. The Morgan fingerprint density at radius 3 is 2.43 bits per heavy atom. The summed E-state index contributed by atoms with van der Waals surface area (Å²) in [5.74, 6) is -1.51. The highest BCUT2D eigenvalue weighted by atomic mass is 19.4. The van der Waals surface area contributed by atoms with Crippen LogP contribution in [0, 0.1) is 0 Å². The zero-order chi connectivity index (χ0) is 20.3. The average Bonchev–Trinajstić information content (AvgIpc) is 3.12. The first-order chi connectivity index (χ1) is 13.3. The van der Waals surface area contributed by atoms with Crippen molar-refractivity contribution in [1.29, 1.82) is 0 Å². The van der Waals surface area contributed by atoms with Gasteiger partial charge < -0.3 is 4.74 Å². The van der Waals surface area contributed by atoms with Gasteiger partial charge in [0, 0.05) is 5.56 Å². The molecule has 0 saturated heterocycles. The quantitative estimate of drug-likeness (QED) is 0.622. The molecule has 0 amide bonds. The van der Waals surface area contributed by atoms with Gasteiger partial charge >= 0.3 is 12.1 Å². The third-order valence-corrected chi connectivity index (χ3v) is 3.65. The van der Waals surface area contributed by atoms with Gasteiger partial charge in [0.2, 0.25) is 0 Å². The van der Waals surface area contributed by atoms with E-state index in [0.29, 0.717) is 5.56 Å². The van der Waals surface area contributed by atoms with Crippen LogP contribution in [-0.2, 0) is 15.7 Å². The molecule has 0 atom stereocenters. The van der Waals surface area contributed by atoms with Crippen LogP contribution in [0.1, 0.15) is 23.1 Å². The van der Waals surface area contributed by atoms with Crippen molar-refractivity contribution in [3.8, 4) is 17.1 Å². The number of aromatic nitrogens is 3. The summed E-state index contributed by atoms with van der Waals surface area (Å²) in [6, 6.07) is 13.1. The van der Waals surface area contributed by atoms with Crippen LogP contribution in [0.4, 0.5) is 13.2 Å². The van der Waals surface area contributed by atoms with Gasteiger partial charge in [-0.1, -0.05) is 36.4 Å². The van der Waals surface area contributed by atoms with Crippen LogP contribution in [0.15, 0.2) is 54.6 Å². The van der Waals surface area contributed by atoms with E-state index in [4.69, 9.17) is 4.74 Å². The summed E-state index contributed by atoms with van der Waals surface area (Å²) in [5, 5.41) is 4.01. The molecule has 2 aromatic carbocycles. The van der Waals surface area contributed by atoms with Gasteiger partial charge in [-0.2, -0.15) is 13.2 Å². The standard InChI is InChI=1S/C19H14F3N3O3/c1-12(26)11-28-18(27)16-23-17(13-6-3-2-4-7-13)25(24-16)15-9-5-8-14(10-15)19(20,21)22/h2-10H,11H2,1H3. The fraction of sp³-hybridized carbons (Fsp3) is 0.158. The Hall–Kier alpha value is -3.49. The van der Waals surface area contributed by atoms with Gasteiger partial charge in [-0.3, -0.25) is 4.79 Å². The molecular formula is C19H14F3N3O3. The number of Topliss-reactive ketones (excluding diaryl/α,β-unsaturated/α-hetero) is 1. The van der Waals surface area contributed by atoms with Crippen LogP contribution in [-0.4, -0.2) is 33.1 Å². The van der Waals surface area contributed by atoms with Gasteiger partial charge in [-0.15, -0.1) is 5.10 Å². The molecule has 0 aliphatic carbocycles. The summed E-state index contributed by atoms with van der Waals surface area (Å²) in [6.07, 6.45) is -4.53. The number of ether oxygens (including phenoxy) is 1. The molecule has 0 bridgehead atoms. The number of hydrogen-bond acceptors (Lipinski definition) is 5. The lowest BCUT2D eigenvalue weighted by atomic mass is 10.2. The molecule has 1 aromatic heterocycles. The van der Waals surface area contributed by atoms with Gasteiger partial charge in [0.15, 0.2) is 11.6 Å². The second-order valence-corrected chi connectivity index (χ2v) is 5.86. The lowest BCUT2D eigenvalue weighted by Crippen LogP contribution is -2.13. The summed E-state index contributed by atoms with van der Waals surface area (Å²) in [6.45, 7) is 0.801. The number of alkyl halides is 3. The molecule has 0 unspecified atom stereocenters. The molecule has 144 valence electrons. The number of ketones is 1. The second kappa shape index (κ2) is 7.63. The van der Waals surface area contributed by atoms with Crippen molar-refractivity contribution in [2.75, 3.05) is 6.61 Å². The normalized spacial score (nSPS) is 11.3. The van der Waals surface area contributed by atoms with Crippen LogP contribution in [0.2, 0.25) is 0 Å². The topological polar surface area (TPSA) is 74.1 Å². The van der Waals surface area contributed by atoms with Crippen molar-refractivity contribution in [2.24, 2.45) is 0 Å². The number of rotatable bonds is 5. The Bertz CT molecular complexity index is 1010. The SMILES string of the molecule is CC(=O)COC(=O)c1nc(-c2ccccc2)n(-c2cccc(C(F)(F)F)c2)n1. The first-order valence-corrected chi connectivity index (χ1v) is 8.12. The summed E-state index contributed by atoms with van der Waals surface area (Å²) < 4.78 is 45.1. The van der Waals surface area contributed by atoms with E-state index < -0.39 is 24.3 Å². The summed E-state index contributed by atoms with van der Waals surface area (Å²) in [4.78, 5) is 27.2. The third-order valence-electron chi connectivity index (χ3n) is 3.65. The van der Waals surface area contributed by atoms with E-state index >= 15 is 0 Å². The fourth-order valence-electron chi connectivity index (χ4n) is 2.40. The Kier molecular flexibility index (Phi) is 5.25. The van der Waals surface area contributed by atoms with Gasteiger partial charge in [-0.25, -0.2) is 14.5 Å². The first-order valence-electron chi connectivity index (χ1n) is 8.12.